The zero-order chi connectivity index (χ0) is 13.7. The molecule has 1 aliphatic heterocycles. The Labute approximate surface area is 114 Å². The molecule has 0 aromatic heterocycles. The molecule has 2 N–H and O–H groups in total. The number of hydrogen-bond donors (Lipinski definition) is 1. The van der Waals surface area contributed by atoms with Crippen LogP contribution in [0.3, 0.4) is 0 Å². The van der Waals surface area contributed by atoms with Crippen molar-refractivity contribution in [3.63, 3.8) is 0 Å². The van der Waals surface area contributed by atoms with Crippen molar-refractivity contribution in [1.82, 2.24) is 4.90 Å². The summed E-state index contributed by atoms with van der Waals surface area (Å²) in [6, 6.07) is 9.44. The van der Waals surface area contributed by atoms with E-state index in [9.17, 15) is 4.79 Å². The maximum atomic E-state index is 12.3. The van der Waals surface area contributed by atoms with Crippen LogP contribution in [0.5, 0.6) is 0 Å². The third-order valence-electron chi connectivity index (χ3n) is 3.64. The van der Waals surface area contributed by atoms with Gasteiger partial charge in [-0.05, 0) is 24.8 Å². The van der Waals surface area contributed by atoms with Crippen LogP contribution in [0.1, 0.15) is 18.4 Å². The Balaban J connectivity index is 1.91. The van der Waals surface area contributed by atoms with E-state index in [0.717, 1.165) is 24.9 Å². The van der Waals surface area contributed by atoms with Crippen LogP contribution in [-0.4, -0.2) is 43.2 Å². The Bertz CT molecular complexity index is 408. The van der Waals surface area contributed by atoms with Crippen molar-refractivity contribution in [2.45, 2.75) is 31.4 Å². The molecule has 2 atom stereocenters. The van der Waals surface area contributed by atoms with Gasteiger partial charge in [-0.25, -0.2) is 0 Å². The van der Waals surface area contributed by atoms with Gasteiger partial charge in [0.15, 0.2) is 0 Å². The Kier molecular flexibility index (Phi) is 4.93. The Hall–Kier alpha value is -1.39. The molecule has 104 valence electrons. The summed E-state index contributed by atoms with van der Waals surface area (Å²) < 4.78 is 5.33. The number of nitrogens with two attached hydrogens (primary N) is 1. The van der Waals surface area contributed by atoms with Gasteiger partial charge < -0.3 is 15.4 Å². The second-order valence-electron chi connectivity index (χ2n) is 5.08. The van der Waals surface area contributed by atoms with Crippen molar-refractivity contribution >= 4 is 5.91 Å². The van der Waals surface area contributed by atoms with E-state index >= 15 is 0 Å². The summed E-state index contributed by atoms with van der Waals surface area (Å²) >= 11 is 0. The fourth-order valence-electron chi connectivity index (χ4n) is 2.52. The molecular formula is C15H22N2O2. The highest BCUT2D eigenvalue weighted by atomic mass is 16.5. The lowest BCUT2D eigenvalue weighted by Crippen LogP contribution is -2.50. The second-order valence-corrected chi connectivity index (χ2v) is 5.08. The van der Waals surface area contributed by atoms with E-state index in [0.29, 0.717) is 13.0 Å². The predicted octanol–water partition coefficient (Wildman–Crippen LogP) is 1.19. The zero-order valence-electron chi connectivity index (χ0n) is 11.4. The first-order chi connectivity index (χ1) is 9.20. The minimum Gasteiger partial charge on any atom is -0.380 e. The fourth-order valence-corrected chi connectivity index (χ4v) is 2.52. The van der Waals surface area contributed by atoms with Gasteiger partial charge in [0.2, 0.25) is 5.91 Å². The molecule has 19 heavy (non-hydrogen) atoms. The lowest BCUT2D eigenvalue weighted by Gasteiger charge is -2.33. The topological polar surface area (TPSA) is 55.6 Å². The Morgan fingerprint density at radius 1 is 1.47 bits per heavy atom. The fraction of sp³-hybridized carbons (Fsp3) is 0.533. The molecule has 1 aromatic carbocycles. The van der Waals surface area contributed by atoms with Gasteiger partial charge in [-0.15, -0.1) is 0 Å². The summed E-state index contributed by atoms with van der Waals surface area (Å²) in [5.41, 5.74) is 7.14. The van der Waals surface area contributed by atoms with Gasteiger partial charge in [0.25, 0.3) is 0 Å². The largest absolute Gasteiger partial charge is 0.380 e. The minimum atomic E-state index is -0.460. The highest BCUT2D eigenvalue weighted by Gasteiger charge is 2.26. The maximum Gasteiger partial charge on any atom is 0.239 e. The van der Waals surface area contributed by atoms with Gasteiger partial charge in [-0.2, -0.15) is 0 Å². The van der Waals surface area contributed by atoms with Crippen LogP contribution in [0.4, 0.5) is 0 Å². The monoisotopic (exact) mass is 262 g/mol. The third kappa shape index (κ3) is 3.78. The van der Waals surface area contributed by atoms with Crippen molar-refractivity contribution in [3.05, 3.63) is 35.9 Å². The molecule has 1 aromatic rings. The lowest BCUT2D eigenvalue weighted by atomic mass is 10.0. The van der Waals surface area contributed by atoms with Crippen LogP contribution in [0.15, 0.2) is 30.3 Å². The van der Waals surface area contributed by atoms with E-state index in [1.807, 2.05) is 35.2 Å². The van der Waals surface area contributed by atoms with Gasteiger partial charge in [-0.1, -0.05) is 30.3 Å². The van der Waals surface area contributed by atoms with E-state index in [2.05, 4.69) is 0 Å². The molecule has 2 rings (SSSR count). The zero-order valence-corrected chi connectivity index (χ0v) is 11.4. The molecule has 0 aliphatic carbocycles. The van der Waals surface area contributed by atoms with E-state index in [4.69, 9.17) is 10.5 Å². The van der Waals surface area contributed by atoms with Crippen LogP contribution in [0, 0.1) is 0 Å². The average molecular weight is 262 g/mol. The quantitative estimate of drug-likeness (QED) is 0.887. The molecule has 1 fully saturated rings. The van der Waals surface area contributed by atoms with Gasteiger partial charge in [0, 0.05) is 20.2 Å². The van der Waals surface area contributed by atoms with Gasteiger partial charge in [0.1, 0.15) is 0 Å². The lowest BCUT2D eigenvalue weighted by molar-refractivity contribution is -0.136. The third-order valence-corrected chi connectivity index (χ3v) is 3.64. The highest BCUT2D eigenvalue weighted by molar-refractivity contribution is 5.82. The number of carbonyl (C=O) groups excluding carboxylic acids is 1. The highest BCUT2D eigenvalue weighted by Crippen LogP contribution is 2.14. The maximum absolute atomic E-state index is 12.3. The van der Waals surface area contributed by atoms with Gasteiger partial charge >= 0.3 is 0 Å². The summed E-state index contributed by atoms with van der Waals surface area (Å²) in [6.07, 6.45) is 2.76. The normalized spacial score (nSPS) is 21.2. The smallest absolute Gasteiger partial charge is 0.239 e. The predicted molar refractivity (Wildman–Crippen MR) is 74.7 cm³/mol. The van der Waals surface area contributed by atoms with E-state index in [1.54, 1.807) is 7.11 Å². The molecule has 1 aliphatic rings. The molecule has 0 spiro atoms. The van der Waals surface area contributed by atoms with Crippen LogP contribution < -0.4 is 5.73 Å². The summed E-state index contributed by atoms with van der Waals surface area (Å²) in [7, 11) is 1.70. The number of nitrogens with zero attached hydrogens (tertiary/aromatic N) is 1. The number of rotatable bonds is 4. The summed E-state index contributed by atoms with van der Waals surface area (Å²) in [5.74, 6) is 0.0330. The van der Waals surface area contributed by atoms with Crippen molar-refractivity contribution in [3.8, 4) is 0 Å². The summed E-state index contributed by atoms with van der Waals surface area (Å²) in [5, 5.41) is 0. The molecule has 4 nitrogen and oxygen atoms in total. The van der Waals surface area contributed by atoms with E-state index in [1.165, 1.54) is 0 Å². The molecule has 4 heteroatoms. The molecular weight excluding hydrogens is 240 g/mol. The summed E-state index contributed by atoms with van der Waals surface area (Å²) in [6.45, 7) is 1.46. The van der Waals surface area contributed by atoms with Crippen LogP contribution in [0.2, 0.25) is 0 Å². The molecule has 0 unspecified atom stereocenters. The first-order valence-corrected chi connectivity index (χ1v) is 6.82. The van der Waals surface area contributed by atoms with Crippen molar-refractivity contribution in [1.29, 1.82) is 0 Å². The number of hydrogen-bond acceptors (Lipinski definition) is 3. The van der Waals surface area contributed by atoms with Crippen molar-refractivity contribution in [2.75, 3.05) is 20.2 Å². The molecule has 0 bridgehead atoms. The standard InChI is InChI=1S/C15H22N2O2/c1-19-13-8-5-9-17(11-13)15(18)14(16)10-12-6-3-2-4-7-12/h2-4,6-7,13-14H,5,8-11,16H2,1H3/t13-,14-/m0/s1. The van der Waals surface area contributed by atoms with Crippen LogP contribution in [-0.2, 0) is 16.0 Å². The van der Waals surface area contributed by atoms with Crippen LogP contribution >= 0.6 is 0 Å². The first kappa shape index (κ1) is 14.0. The number of likely N-dealkylation sites (tertiary alicyclic amines) is 1. The van der Waals surface area contributed by atoms with Gasteiger partial charge in [0.05, 0.1) is 12.1 Å². The number of amides is 1. The molecule has 0 saturated carbocycles. The molecule has 1 heterocycles. The number of piperidine rings is 1. The molecule has 1 saturated heterocycles. The van der Waals surface area contributed by atoms with Crippen LogP contribution in [0.25, 0.3) is 0 Å². The van der Waals surface area contributed by atoms with Crippen molar-refractivity contribution in [2.24, 2.45) is 5.73 Å². The molecule has 1 amide bonds. The number of methoxy groups -OCH3 is 1. The first-order valence-electron chi connectivity index (χ1n) is 6.82. The van der Waals surface area contributed by atoms with Crippen molar-refractivity contribution < 1.29 is 9.53 Å². The van der Waals surface area contributed by atoms with E-state index in [-0.39, 0.29) is 12.0 Å². The van der Waals surface area contributed by atoms with E-state index < -0.39 is 6.04 Å². The average Bonchev–Trinajstić information content (AvgIpc) is 2.47. The van der Waals surface area contributed by atoms with Gasteiger partial charge in [-0.3, -0.25) is 4.79 Å². The Morgan fingerprint density at radius 3 is 2.89 bits per heavy atom. The summed E-state index contributed by atoms with van der Waals surface area (Å²) in [4.78, 5) is 14.1. The minimum absolute atomic E-state index is 0.0330. The Morgan fingerprint density at radius 2 is 2.21 bits per heavy atom. The number of benzene rings is 1. The molecule has 0 radical (unpaired) electrons. The number of carbonyl (C=O) groups is 1. The second kappa shape index (κ2) is 6.68. The number of ether oxygens (including phenoxy) is 1. The SMILES string of the molecule is CO[C@H]1CCCN(C(=O)[C@@H](N)Cc2ccccc2)C1.